The molecule has 0 saturated heterocycles. The van der Waals surface area contributed by atoms with Crippen LogP contribution in [0.1, 0.15) is 35.3 Å². The maximum absolute atomic E-state index is 12.6. The second-order valence-corrected chi connectivity index (χ2v) is 6.65. The predicted molar refractivity (Wildman–Crippen MR) is 97.0 cm³/mol. The van der Waals surface area contributed by atoms with Crippen LogP contribution in [0.5, 0.6) is 5.75 Å². The standard InChI is InChI=1S/C20H19F2N3O2/c21-20(22)27-15-10-8-13(9-11-15)12-25-17-7-2-1-6-16(17)18(24-25)19(26)23-14-4-3-5-14/h1-2,6-11,14,20H,3-5,12H2,(H,23,26). The number of hydrogen-bond donors (Lipinski definition) is 1. The number of halogens is 2. The highest BCUT2D eigenvalue weighted by Crippen LogP contribution is 2.23. The van der Waals surface area contributed by atoms with Crippen LogP contribution in [0.25, 0.3) is 10.9 Å². The molecule has 1 N–H and O–H groups in total. The third-order valence-electron chi connectivity index (χ3n) is 4.79. The van der Waals surface area contributed by atoms with Gasteiger partial charge in [-0.2, -0.15) is 13.9 Å². The summed E-state index contributed by atoms with van der Waals surface area (Å²) in [4.78, 5) is 12.6. The molecule has 0 atom stereocenters. The summed E-state index contributed by atoms with van der Waals surface area (Å²) in [5, 5.41) is 8.34. The lowest BCUT2D eigenvalue weighted by molar-refractivity contribution is -0.0498. The Morgan fingerprint density at radius 3 is 2.59 bits per heavy atom. The summed E-state index contributed by atoms with van der Waals surface area (Å²) >= 11 is 0. The lowest BCUT2D eigenvalue weighted by Gasteiger charge is -2.25. The first kappa shape index (κ1) is 17.5. The molecule has 0 bridgehead atoms. The Hall–Kier alpha value is -2.96. The van der Waals surface area contributed by atoms with Crippen LogP contribution in [0.2, 0.25) is 0 Å². The number of carbonyl (C=O) groups is 1. The van der Waals surface area contributed by atoms with E-state index in [-0.39, 0.29) is 17.7 Å². The predicted octanol–water partition coefficient (Wildman–Crippen LogP) is 3.97. The highest BCUT2D eigenvalue weighted by molar-refractivity contribution is 6.05. The maximum atomic E-state index is 12.6. The minimum absolute atomic E-state index is 0.111. The zero-order chi connectivity index (χ0) is 18.8. The van der Waals surface area contributed by atoms with E-state index in [1.165, 1.54) is 12.1 Å². The van der Waals surface area contributed by atoms with E-state index in [2.05, 4.69) is 15.2 Å². The minimum atomic E-state index is -2.84. The van der Waals surface area contributed by atoms with Crippen molar-refractivity contribution in [2.24, 2.45) is 0 Å². The van der Waals surface area contributed by atoms with Gasteiger partial charge in [-0.3, -0.25) is 9.48 Å². The van der Waals surface area contributed by atoms with E-state index in [9.17, 15) is 13.6 Å². The first-order chi connectivity index (χ1) is 13.1. The Kier molecular flexibility index (Phi) is 4.75. The summed E-state index contributed by atoms with van der Waals surface area (Å²) in [7, 11) is 0. The summed E-state index contributed by atoms with van der Waals surface area (Å²) in [6, 6.07) is 14.2. The van der Waals surface area contributed by atoms with E-state index in [0.29, 0.717) is 12.2 Å². The van der Waals surface area contributed by atoms with Gasteiger partial charge in [-0.15, -0.1) is 0 Å². The first-order valence-electron chi connectivity index (χ1n) is 8.90. The number of benzene rings is 2. The molecular formula is C20H19F2N3O2. The van der Waals surface area contributed by atoms with Crippen LogP contribution in [0.4, 0.5) is 8.78 Å². The molecule has 140 valence electrons. The van der Waals surface area contributed by atoms with E-state index in [1.54, 1.807) is 16.8 Å². The van der Waals surface area contributed by atoms with Crippen molar-refractivity contribution in [2.45, 2.75) is 38.5 Å². The number of aromatic nitrogens is 2. The van der Waals surface area contributed by atoms with E-state index >= 15 is 0 Å². The smallest absolute Gasteiger partial charge is 0.387 e. The molecule has 5 nitrogen and oxygen atoms in total. The molecule has 0 aliphatic heterocycles. The van der Waals surface area contributed by atoms with Crippen LogP contribution < -0.4 is 10.1 Å². The zero-order valence-electron chi connectivity index (χ0n) is 14.6. The molecule has 1 aliphatic carbocycles. The lowest BCUT2D eigenvalue weighted by Crippen LogP contribution is -2.39. The van der Waals surface area contributed by atoms with Crippen LogP contribution in [-0.4, -0.2) is 28.3 Å². The molecule has 2 aromatic carbocycles. The number of para-hydroxylation sites is 1. The van der Waals surface area contributed by atoms with Crippen molar-refractivity contribution >= 4 is 16.8 Å². The molecular weight excluding hydrogens is 352 g/mol. The largest absolute Gasteiger partial charge is 0.435 e. The fourth-order valence-electron chi connectivity index (χ4n) is 3.17. The van der Waals surface area contributed by atoms with E-state index < -0.39 is 6.61 Å². The average molecular weight is 371 g/mol. The zero-order valence-corrected chi connectivity index (χ0v) is 14.6. The fourth-order valence-corrected chi connectivity index (χ4v) is 3.17. The van der Waals surface area contributed by atoms with Gasteiger partial charge in [0.2, 0.25) is 0 Å². The summed E-state index contributed by atoms with van der Waals surface area (Å²) in [6.45, 7) is -2.42. The molecule has 1 fully saturated rings. The van der Waals surface area contributed by atoms with Gasteiger partial charge in [-0.25, -0.2) is 0 Å². The molecule has 0 spiro atoms. The fraction of sp³-hybridized carbons (Fsp3) is 0.300. The van der Waals surface area contributed by atoms with Gasteiger partial charge < -0.3 is 10.1 Å². The van der Waals surface area contributed by atoms with Gasteiger partial charge >= 0.3 is 6.61 Å². The topological polar surface area (TPSA) is 56.2 Å². The van der Waals surface area contributed by atoms with E-state index in [0.717, 1.165) is 35.7 Å². The Balaban J connectivity index is 1.59. The Morgan fingerprint density at radius 1 is 1.19 bits per heavy atom. The molecule has 0 radical (unpaired) electrons. The second-order valence-electron chi connectivity index (χ2n) is 6.65. The minimum Gasteiger partial charge on any atom is -0.435 e. The molecule has 4 rings (SSSR count). The Bertz CT molecular complexity index is 950. The monoisotopic (exact) mass is 371 g/mol. The normalized spacial score (nSPS) is 14.3. The summed E-state index contributed by atoms with van der Waals surface area (Å²) < 4.78 is 30.7. The van der Waals surface area contributed by atoms with Crippen molar-refractivity contribution in [3.8, 4) is 5.75 Å². The van der Waals surface area contributed by atoms with Crippen LogP contribution in [0.3, 0.4) is 0 Å². The maximum Gasteiger partial charge on any atom is 0.387 e. The second kappa shape index (κ2) is 7.34. The van der Waals surface area contributed by atoms with Crippen LogP contribution in [0, 0.1) is 0 Å². The number of alkyl halides is 2. The molecule has 1 heterocycles. The van der Waals surface area contributed by atoms with Crippen LogP contribution >= 0.6 is 0 Å². The highest BCUT2D eigenvalue weighted by atomic mass is 19.3. The van der Waals surface area contributed by atoms with Gasteiger partial charge in [0.25, 0.3) is 5.91 Å². The van der Waals surface area contributed by atoms with Crippen LogP contribution in [-0.2, 0) is 6.54 Å². The van der Waals surface area contributed by atoms with E-state index in [4.69, 9.17) is 0 Å². The molecule has 0 unspecified atom stereocenters. The SMILES string of the molecule is O=C(NC1CCC1)c1nn(Cc2ccc(OC(F)F)cc2)c2ccccc12. The number of hydrogen-bond acceptors (Lipinski definition) is 3. The molecule has 1 amide bonds. The van der Waals surface area contributed by atoms with Crippen molar-refractivity contribution in [2.75, 3.05) is 0 Å². The molecule has 27 heavy (non-hydrogen) atoms. The molecule has 1 aliphatic rings. The quantitative estimate of drug-likeness (QED) is 0.713. The molecule has 1 aromatic heterocycles. The molecule has 1 saturated carbocycles. The van der Waals surface area contributed by atoms with Crippen molar-refractivity contribution in [3.05, 3.63) is 59.8 Å². The van der Waals surface area contributed by atoms with Gasteiger partial charge in [0.1, 0.15) is 5.75 Å². The number of carbonyl (C=O) groups excluding carboxylic acids is 1. The van der Waals surface area contributed by atoms with Gasteiger partial charge in [0.05, 0.1) is 12.1 Å². The number of fused-ring (bicyclic) bond motifs is 1. The number of rotatable bonds is 6. The number of nitrogens with one attached hydrogen (secondary N) is 1. The summed E-state index contributed by atoms with van der Waals surface area (Å²) in [5.74, 6) is -0.0463. The average Bonchev–Trinajstić information content (AvgIpc) is 2.98. The van der Waals surface area contributed by atoms with Crippen molar-refractivity contribution in [3.63, 3.8) is 0 Å². The molecule has 3 aromatic rings. The van der Waals surface area contributed by atoms with Gasteiger partial charge in [-0.1, -0.05) is 30.3 Å². The molecule has 7 heteroatoms. The highest BCUT2D eigenvalue weighted by Gasteiger charge is 2.23. The summed E-state index contributed by atoms with van der Waals surface area (Å²) in [5.41, 5.74) is 2.13. The first-order valence-corrected chi connectivity index (χ1v) is 8.90. The number of amides is 1. The van der Waals surface area contributed by atoms with Crippen molar-refractivity contribution in [1.29, 1.82) is 0 Å². The van der Waals surface area contributed by atoms with Gasteiger partial charge in [-0.05, 0) is 43.0 Å². The summed E-state index contributed by atoms with van der Waals surface area (Å²) in [6.07, 6.45) is 3.17. The van der Waals surface area contributed by atoms with Gasteiger partial charge in [0.15, 0.2) is 5.69 Å². The van der Waals surface area contributed by atoms with E-state index in [1.807, 2.05) is 24.3 Å². The number of ether oxygens (including phenoxy) is 1. The van der Waals surface area contributed by atoms with Gasteiger partial charge in [0, 0.05) is 11.4 Å². The third-order valence-corrected chi connectivity index (χ3v) is 4.79. The Morgan fingerprint density at radius 2 is 1.93 bits per heavy atom. The van der Waals surface area contributed by atoms with Crippen molar-refractivity contribution in [1.82, 2.24) is 15.1 Å². The van der Waals surface area contributed by atoms with Crippen LogP contribution in [0.15, 0.2) is 48.5 Å². The third kappa shape index (κ3) is 3.77. The van der Waals surface area contributed by atoms with Crippen molar-refractivity contribution < 1.29 is 18.3 Å². The Labute approximate surface area is 154 Å². The number of nitrogens with zero attached hydrogens (tertiary/aromatic N) is 2. The lowest BCUT2D eigenvalue weighted by atomic mass is 9.93.